The highest BCUT2D eigenvalue weighted by Crippen LogP contribution is 2.41. The van der Waals surface area contributed by atoms with Crippen molar-refractivity contribution in [3.8, 4) is 6.07 Å². The minimum absolute atomic E-state index is 0.416. The molecule has 0 atom stereocenters. The van der Waals surface area contributed by atoms with Gasteiger partial charge < -0.3 is 14.4 Å². The van der Waals surface area contributed by atoms with Crippen LogP contribution in [0.1, 0.15) is 16.7 Å². The normalized spacial score (nSPS) is 10.8. The first-order valence-electron chi connectivity index (χ1n) is 8.71. The third-order valence-electron chi connectivity index (χ3n) is 4.24. The van der Waals surface area contributed by atoms with E-state index >= 15 is 0 Å². The number of rotatable bonds is 9. The molecule has 1 aromatic carbocycles. The first kappa shape index (κ1) is 21.5. The summed E-state index contributed by atoms with van der Waals surface area (Å²) in [5.41, 5.74) is 3.83. The molecule has 0 spiro atoms. The van der Waals surface area contributed by atoms with E-state index in [0.717, 1.165) is 30.0 Å². The molecule has 0 bridgehead atoms. The van der Waals surface area contributed by atoms with Crippen molar-refractivity contribution >= 4 is 32.7 Å². The maximum Gasteiger partial charge on any atom is 0.247 e. The number of ether oxygens (including phenoxy) is 2. The molecule has 7 nitrogen and oxygen atoms in total. The molecular formula is C20H23N5O2S. The number of hydrogen-bond donors (Lipinski definition) is 0. The van der Waals surface area contributed by atoms with E-state index in [0.29, 0.717) is 34.3 Å². The van der Waals surface area contributed by atoms with E-state index in [2.05, 4.69) is 32.1 Å². The van der Waals surface area contributed by atoms with Crippen molar-refractivity contribution in [1.82, 2.24) is 0 Å². The average Bonchev–Trinajstić information content (AvgIpc) is 3.01. The van der Waals surface area contributed by atoms with Crippen LogP contribution in [0.2, 0.25) is 0 Å². The minimum Gasteiger partial charge on any atom is -0.383 e. The SMILES string of the molecule is [C-]#[N+]c1sc(/N=N/c2ccc(N(CCOC)CCOC)cc2C)c(C#N)c1C. The molecule has 1 heterocycles. The van der Waals surface area contributed by atoms with Gasteiger partial charge in [-0.15, -0.1) is 21.6 Å². The Morgan fingerprint density at radius 1 is 1.18 bits per heavy atom. The largest absolute Gasteiger partial charge is 0.383 e. The van der Waals surface area contributed by atoms with Crippen LogP contribution < -0.4 is 4.90 Å². The number of methoxy groups -OCH3 is 2. The van der Waals surface area contributed by atoms with Crippen molar-refractivity contribution in [1.29, 1.82) is 5.26 Å². The van der Waals surface area contributed by atoms with Crippen molar-refractivity contribution in [2.24, 2.45) is 10.2 Å². The summed E-state index contributed by atoms with van der Waals surface area (Å²) in [7, 11) is 3.37. The van der Waals surface area contributed by atoms with E-state index in [1.54, 1.807) is 21.1 Å². The number of hydrogen-bond acceptors (Lipinski definition) is 7. The summed E-state index contributed by atoms with van der Waals surface area (Å²) in [4.78, 5) is 5.64. The van der Waals surface area contributed by atoms with Gasteiger partial charge in [0.15, 0.2) is 0 Å². The lowest BCUT2D eigenvalue weighted by atomic mass is 10.1. The number of benzene rings is 1. The number of azo groups is 1. The first-order valence-corrected chi connectivity index (χ1v) is 9.53. The van der Waals surface area contributed by atoms with E-state index in [9.17, 15) is 5.26 Å². The van der Waals surface area contributed by atoms with E-state index in [1.807, 2.05) is 19.1 Å². The molecule has 1 aromatic heterocycles. The number of nitriles is 1. The highest BCUT2D eigenvalue weighted by Gasteiger charge is 2.14. The Kier molecular flexibility index (Phi) is 8.09. The molecule has 0 saturated heterocycles. The minimum atomic E-state index is 0.416. The Bertz CT molecular complexity index is 916. The first-order chi connectivity index (χ1) is 13.5. The van der Waals surface area contributed by atoms with Crippen molar-refractivity contribution in [2.45, 2.75) is 13.8 Å². The van der Waals surface area contributed by atoms with Gasteiger partial charge in [0.1, 0.15) is 11.1 Å². The van der Waals surface area contributed by atoms with Gasteiger partial charge in [0.2, 0.25) is 5.00 Å². The molecule has 28 heavy (non-hydrogen) atoms. The van der Waals surface area contributed by atoms with E-state index in [1.165, 1.54) is 11.3 Å². The Labute approximate surface area is 169 Å². The Morgan fingerprint density at radius 3 is 2.39 bits per heavy atom. The molecule has 0 amide bonds. The van der Waals surface area contributed by atoms with Crippen LogP contribution in [0, 0.1) is 31.8 Å². The zero-order chi connectivity index (χ0) is 20.5. The molecule has 0 aliphatic heterocycles. The number of nitrogens with zero attached hydrogens (tertiary/aromatic N) is 5. The molecule has 2 rings (SSSR count). The summed E-state index contributed by atoms with van der Waals surface area (Å²) in [5.74, 6) is 0. The van der Waals surface area contributed by atoms with Gasteiger partial charge in [0, 0.05) is 33.0 Å². The van der Waals surface area contributed by atoms with Crippen molar-refractivity contribution in [3.05, 3.63) is 46.3 Å². The molecule has 0 N–H and O–H groups in total. The molecule has 0 aliphatic rings. The second kappa shape index (κ2) is 10.5. The van der Waals surface area contributed by atoms with E-state index < -0.39 is 0 Å². The van der Waals surface area contributed by atoms with Crippen LogP contribution in [0.25, 0.3) is 4.85 Å². The van der Waals surface area contributed by atoms with Crippen LogP contribution in [0.3, 0.4) is 0 Å². The number of anilines is 1. The second-order valence-electron chi connectivity index (χ2n) is 6.08. The maximum atomic E-state index is 9.33. The zero-order valence-corrected chi connectivity index (χ0v) is 17.3. The molecule has 0 radical (unpaired) electrons. The molecular weight excluding hydrogens is 374 g/mol. The maximum absolute atomic E-state index is 9.33. The lowest BCUT2D eigenvalue weighted by Crippen LogP contribution is -2.30. The van der Waals surface area contributed by atoms with Gasteiger partial charge >= 0.3 is 0 Å². The molecule has 0 saturated carbocycles. The third-order valence-corrected chi connectivity index (χ3v) is 5.31. The molecule has 0 aliphatic carbocycles. The topological polar surface area (TPSA) is 74.6 Å². The Hall–Kier alpha value is -2.78. The van der Waals surface area contributed by atoms with Crippen molar-refractivity contribution in [2.75, 3.05) is 45.4 Å². The fourth-order valence-corrected chi connectivity index (χ4v) is 3.48. The summed E-state index contributed by atoms with van der Waals surface area (Å²) >= 11 is 1.19. The van der Waals surface area contributed by atoms with Gasteiger partial charge in [0.05, 0.1) is 31.0 Å². The van der Waals surface area contributed by atoms with Gasteiger partial charge in [-0.25, -0.2) is 4.85 Å². The third kappa shape index (κ3) is 5.14. The lowest BCUT2D eigenvalue weighted by Gasteiger charge is -2.24. The zero-order valence-electron chi connectivity index (χ0n) is 16.5. The average molecular weight is 398 g/mol. The molecule has 8 heteroatoms. The van der Waals surface area contributed by atoms with Gasteiger partial charge in [-0.2, -0.15) is 5.26 Å². The molecule has 2 aromatic rings. The van der Waals surface area contributed by atoms with Gasteiger partial charge in [-0.3, -0.25) is 0 Å². The van der Waals surface area contributed by atoms with Crippen LogP contribution in [0.15, 0.2) is 28.4 Å². The highest BCUT2D eigenvalue weighted by atomic mass is 32.1. The summed E-state index contributed by atoms with van der Waals surface area (Å²) in [6, 6.07) is 8.06. The second-order valence-corrected chi connectivity index (χ2v) is 7.06. The van der Waals surface area contributed by atoms with Crippen LogP contribution in [0.5, 0.6) is 0 Å². The molecule has 146 valence electrons. The number of aryl methyl sites for hydroxylation is 1. The van der Waals surface area contributed by atoms with Crippen molar-refractivity contribution < 1.29 is 9.47 Å². The van der Waals surface area contributed by atoms with Crippen LogP contribution >= 0.6 is 11.3 Å². The fourth-order valence-electron chi connectivity index (χ4n) is 2.62. The summed E-state index contributed by atoms with van der Waals surface area (Å²) in [5, 5.41) is 18.8. The van der Waals surface area contributed by atoms with Gasteiger partial charge in [-0.1, -0.05) is 0 Å². The van der Waals surface area contributed by atoms with Gasteiger partial charge in [0.25, 0.3) is 0 Å². The summed E-state index contributed by atoms with van der Waals surface area (Å²) < 4.78 is 10.4. The Balaban J connectivity index is 2.26. The molecule has 0 unspecified atom stereocenters. The standard InChI is InChI=1S/C20H23N5O2S/c1-14-12-16(25(8-10-26-4)9-11-27-5)6-7-18(14)23-24-20-17(13-21)15(2)19(22-3)28-20/h6-7,12H,8-11H2,1-2,4-5H3/b24-23+. The lowest BCUT2D eigenvalue weighted by molar-refractivity contribution is 0.190. The fraction of sp³-hybridized carbons (Fsp3) is 0.400. The van der Waals surface area contributed by atoms with E-state index in [4.69, 9.17) is 16.0 Å². The van der Waals surface area contributed by atoms with Gasteiger partial charge in [-0.05, 0) is 43.2 Å². The summed E-state index contributed by atoms with van der Waals surface area (Å²) in [6.07, 6.45) is 0. The highest BCUT2D eigenvalue weighted by molar-refractivity contribution is 7.20. The predicted molar refractivity (Wildman–Crippen MR) is 111 cm³/mol. The van der Waals surface area contributed by atoms with Crippen molar-refractivity contribution in [3.63, 3.8) is 0 Å². The monoisotopic (exact) mass is 397 g/mol. The number of thiophene rings is 1. The van der Waals surface area contributed by atoms with Crippen LogP contribution in [-0.2, 0) is 9.47 Å². The van der Waals surface area contributed by atoms with E-state index in [-0.39, 0.29) is 0 Å². The quantitative estimate of drug-likeness (QED) is 0.425. The van der Waals surface area contributed by atoms with Crippen LogP contribution in [-0.4, -0.2) is 40.5 Å². The summed E-state index contributed by atoms with van der Waals surface area (Å²) in [6.45, 7) is 13.7. The molecule has 0 fully saturated rings. The Morgan fingerprint density at radius 2 is 1.86 bits per heavy atom. The smallest absolute Gasteiger partial charge is 0.247 e. The predicted octanol–water partition coefficient (Wildman–Crippen LogP) is 5.30. The van der Waals surface area contributed by atoms with Crippen LogP contribution in [0.4, 0.5) is 21.4 Å².